The third-order valence-corrected chi connectivity index (χ3v) is 7.58. The topological polar surface area (TPSA) is 73.2 Å². The van der Waals surface area contributed by atoms with Crippen LogP contribution in [0.15, 0.2) is 77.3 Å². The Morgan fingerprint density at radius 2 is 1.71 bits per heavy atom. The summed E-state index contributed by atoms with van der Waals surface area (Å²) in [5.41, 5.74) is 4.80. The van der Waals surface area contributed by atoms with Crippen LogP contribution in [-0.4, -0.2) is 17.1 Å². The summed E-state index contributed by atoms with van der Waals surface area (Å²) in [4.78, 5) is 28.4. The van der Waals surface area contributed by atoms with E-state index in [1.165, 1.54) is 16.7 Å². The van der Waals surface area contributed by atoms with Crippen molar-refractivity contribution in [2.45, 2.75) is 32.4 Å². The maximum atomic E-state index is 13.7. The monoisotopic (exact) mass is 501 g/mol. The van der Waals surface area contributed by atoms with Crippen LogP contribution in [0, 0.1) is 32.1 Å². The van der Waals surface area contributed by atoms with Gasteiger partial charge in [0.05, 0.1) is 10.9 Å². The van der Waals surface area contributed by atoms with Gasteiger partial charge in [-0.3, -0.25) is 14.5 Å². The van der Waals surface area contributed by atoms with Crippen LogP contribution in [-0.2, 0) is 16.0 Å². The third-order valence-electron chi connectivity index (χ3n) is 5.91. The van der Waals surface area contributed by atoms with E-state index in [2.05, 4.69) is 11.4 Å². The highest BCUT2D eigenvalue weighted by atomic mass is 35.5. The molecule has 1 heterocycles. The van der Waals surface area contributed by atoms with Crippen molar-refractivity contribution in [3.05, 3.63) is 105 Å². The number of carbonyl (C=O) groups excluding carboxylic acids is 2. The van der Waals surface area contributed by atoms with E-state index in [0.29, 0.717) is 27.8 Å². The molecule has 1 fully saturated rings. The summed E-state index contributed by atoms with van der Waals surface area (Å²) < 4.78 is 0. The van der Waals surface area contributed by atoms with E-state index in [1.54, 1.807) is 6.07 Å². The number of benzene rings is 3. The summed E-state index contributed by atoms with van der Waals surface area (Å²) in [5.74, 6) is -0.720. The number of hydrogen-bond acceptors (Lipinski definition) is 4. The van der Waals surface area contributed by atoms with Gasteiger partial charge >= 0.3 is 0 Å². The minimum Gasteiger partial charge on any atom is -0.321 e. The Morgan fingerprint density at radius 1 is 1.03 bits per heavy atom. The summed E-state index contributed by atoms with van der Waals surface area (Å²) in [5, 5.41) is 13.3. The second kappa shape index (κ2) is 10.4. The first kappa shape index (κ1) is 24.6. The molecule has 3 aromatic carbocycles. The zero-order chi connectivity index (χ0) is 25.1. The van der Waals surface area contributed by atoms with Gasteiger partial charge in [0.25, 0.3) is 5.91 Å². The Morgan fingerprint density at radius 3 is 2.37 bits per heavy atom. The molecule has 35 heavy (non-hydrogen) atoms. The molecule has 1 aliphatic rings. The van der Waals surface area contributed by atoms with Gasteiger partial charge < -0.3 is 5.32 Å². The Bertz CT molecular complexity index is 1390. The number of para-hydroxylation sites is 2. The van der Waals surface area contributed by atoms with E-state index in [0.717, 1.165) is 22.3 Å². The fourth-order valence-corrected chi connectivity index (χ4v) is 5.40. The van der Waals surface area contributed by atoms with E-state index in [9.17, 15) is 14.9 Å². The molecule has 2 amide bonds. The van der Waals surface area contributed by atoms with Crippen molar-refractivity contribution < 1.29 is 9.59 Å². The Labute approximate surface area is 214 Å². The lowest BCUT2D eigenvalue weighted by atomic mass is 10.1. The average molecular weight is 502 g/mol. The number of nitrogens with zero attached hydrogens (tertiary/aromatic N) is 2. The van der Waals surface area contributed by atoms with E-state index < -0.39 is 11.2 Å². The first-order valence-electron chi connectivity index (χ1n) is 11.1. The first-order chi connectivity index (χ1) is 16.8. The second-order valence-electron chi connectivity index (χ2n) is 8.42. The number of nitriles is 1. The van der Waals surface area contributed by atoms with E-state index in [4.69, 9.17) is 11.6 Å². The van der Waals surface area contributed by atoms with Crippen molar-refractivity contribution in [1.82, 2.24) is 0 Å². The Balaban J connectivity index is 1.76. The van der Waals surface area contributed by atoms with Crippen LogP contribution in [0.25, 0.3) is 0 Å². The predicted octanol–water partition coefficient (Wildman–Crippen LogP) is 6.33. The van der Waals surface area contributed by atoms with Crippen LogP contribution in [0.4, 0.5) is 11.4 Å². The zero-order valence-electron chi connectivity index (χ0n) is 19.6. The minimum absolute atomic E-state index is 0.0979. The normalized spacial score (nSPS) is 16.7. The molecule has 176 valence electrons. The standard InChI is InChI=1S/C28H24ClN3O2S/c1-17-12-13-20(14-22(17)29)15-25-27(34)32(24-11-7-5-9-19(24)3)28(35-25)21(16-30)26(33)31-23-10-6-4-8-18(23)2/h4-14,25H,15H2,1-3H3,(H,31,33)/b28-21-/t25-/m1/s1. The first-order valence-corrected chi connectivity index (χ1v) is 12.4. The maximum absolute atomic E-state index is 13.7. The van der Waals surface area contributed by atoms with Crippen molar-refractivity contribution in [1.29, 1.82) is 5.26 Å². The molecule has 0 unspecified atom stereocenters. The number of hydrogen-bond donors (Lipinski definition) is 1. The van der Waals surface area contributed by atoms with Crippen LogP contribution < -0.4 is 10.2 Å². The van der Waals surface area contributed by atoms with Crippen molar-refractivity contribution in [2.75, 3.05) is 10.2 Å². The van der Waals surface area contributed by atoms with Crippen LogP contribution in [0.3, 0.4) is 0 Å². The highest BCUT2D eigenvalue weighted by molar-refractivity contribution is 8.05. The number of amides is 2. The lowest BCUT2D eigenvalue weighted by Gasteiger charge is -2.20. The molecule has 0 bridgehead atoms. The summed E-state index contributed by atoms with van der Waals surface area (Å²) in [6.45, 7) is 5.71. The molecule has 1 N–H and O–H groups in total. The van der Waals surface area contributed by atoms with Crippen molar-refractivity contribution in [3.63, 3.8) is 0 Å². The number of nitrogens with one attached hydrogen (secondary N) is 1. The molecule has 0 aromatic heterocycles. The second-order valence-corrected chi connectivity index (χ2v) is 10.0. The molecule has 0 spiro atoms. The SMILES string of the molecule is Cc1ccc(C[C@H]2S/C(=C(/C#N)C(=O)Nc3ccccc3C)N(c3ccccc3C)C2=O)cc1Cl. The van der Waals surface area contributed by atoms with Crippen LogP contribution in [0.1, 0.15) is 22.3 Å². The van der Waals surface area contributed by atoms with Crippen molar-refractivity contribution in [2.24, 2.45) is 0 Å². The predicted molar refractivity (Wildman–Crippen MR) is 142 cm³/mol. The molecule has 0 saturated carbocycles. The summed E-state index contributed by atoms with van der Waals surface area (Å²) in [6.07, 6.45) is 0.424. The summed E-state index contributed by atoms with van der Waals surface area (Å²) in [6, 6.07) is 22.6. The quantitative estimate of drug-likeness (QED) is 0.327. The van der Waals surface area contributed by atoms with Crippen molar-refractivity contribution >= 4 is 46.6 Å². The smallest absolute Gasteiger partial charge is 0.269 e. The number of halogens is 1. The fraction of sp³-hybridized carbons (Fsp3) is 0.179. The number of aryl methyl sites for hydroxylation is 3. The summed E-state index contributed by atoms with van der Waals surface area (Å²) in [7, 11) is 0. The van der Waals surface area contributed by atoms with Gasteiger partial charge in [0, 0.05) is 10.7 Å². The maximum Gasteiger partial charge on any atom is 0.269 e. The number of rotatable bonds is 5. The van der Waals surface area contributed by atoms with E-state index in [-0.39, 0.29) is 11.5 Å². The van der Waals surface area contributed by atoms with Gasteiger partial charge in [-0.1, -0.05) is 71.9 Å². The van der Waals surface area contributed by atoms with Gasteiger partial charge in [0.2, 0.25) is 5.91 Å². The molecule has 0 radical (unpaired) electrons. The molecule has 1 atom stereocenters. The Hall–Kier alpha value is -3.53. The molecule has 7 heteroatoms. The molecule has 0 aliphatic carbocycles. The molecule has 1 aliphatic heterocycles. The Kier molecular flexibility index (Phi) is 7.30. The van der Waals surface area contributed by atoms with E-state index in [1.807, 2.05) is 81.4 Å². The molecular formula is C28H24ClN3O2S. The largest absolute Gasteiger partial charge is 0.321 e. The van der Waals surface area contributed by atoms with Crippen LogP contribution in [0.5, 0.6) is 0 Å². The van der Waals surface area contributed by atoms with Gasteiger partial charge in [-0.15, -0.1) is 0 Å². The third kappa shape index (κ3) is 5.12. The highest BCUT2D eigenvalue weighted by Crippen LogP contribution is 2.43. The number of carbonyl (C=O) groups is 2. The lowest BCUT2D eigenvalue weighted by Crippen LogP contribution is -2.31. The number of anilines is 2. The van der Waals surface area contributed by atoms with Crippen molar-refractivity contribution in [3.8, 4) is 6.07 Å². The van der Waals surface area contributed by atoms with E-state index >= 15 is 0 Å². The highest BCUT2D eigenvalue weighted by Gasteiger charge is 2.41. The van der Waals surface area contributed by atoms with Crippen LogP contribution >= 0.6 is 23.4 Å². The minimum atomic E-state index is -0.547. The molecule has 3 aromatic rings. The molecule has 5 nitrogen and oxygen atoms in total. The number of thioether (sulfide) groups is 1. The van der Waals surface area contributed by atoms with Gasteiger partial charge in [-0.25, -0.2) is 0 Å². The molecule has 4 rings (SSSR count). The van der Waals surface area contributed by atoms with Gasteiger partial charge in [0.1, 0.15) is 16.7 Å². The van der Waals surface area contributed by atoms with Gasteiger partial charge in [-0.05, 0) is 67.6 Å². The lowest BCUT2D eigenvalue weighted by molar-refractivity contribution is -0.117. The molecule has 1 saturated heterocycles. The van der Waals surface area contributed by atoms with Crippen LogP contribution in [0.2, 0.25) is 5.02 Å². The van der Waals surface area contributed by atoms with Gasteiger partial charge in [-0.2, -0.15) is 5.26 Å². The van der Waals surface area contributed by atoms with Gasteiger partial charge in [0.15, 0.2) is 0 Å². The summed E-state index contributed by atoms with van der Waals surface area (Å²) >= 11 is 7.55. The molecular weight excluding hydrogens is 478 g/mol. The fourth-order valence-electron chi connectivity index (χ4n) is 3.90. The zero-order valence-corrected chi connectivity index (χ0v) is 21.2. The average Bonchev–Trinajstić information content (AvgIpc) is 3.14.